The molecule has 1 aromatic carbocycles. The molecular formula is C22H22N6O5. The molecule has 0 bridgehead atoms. The molecule has 0 spiro atoms. The van der Waals surface area contributed by atoms with Crippen molar-refractivity contribution in [3.8, 4) is 23.1 Å². The zero-order valence-corrected chi connectivity index (χ0v) is 18.3. The summed E-state index contributed by atoms with van der Waals surface area (Å²) in [6.07, 6.45) is 5.35. The van der Waals surface area contributed by atoms with Gasteiger partial charge in [-0.05, 0) is 0 Å². The van der Waals surface area contributed by atoms with Crippen molar-refractivity contribution in [3.05, 3.63) is 65.2 Å². The van der Waals surface area contributed by atoms with Crippen LogP contribution in [-0.4, -0.2) is 74.9 Å². The van der Waals surface area contributed by atoms with Gasteiger partial charge in [-0.25, -0.2) is 15.0 Å². The van der Waals surface area contributed by atoms with E-state index >= 15 is 0 Å². The van der Waals surface area contributed by atoms with Crippen molar-refractivity contribution in [1.29, 1.82) is 0 Å². The number of carbonyl (C=O) groups excluding carboxylic acids is 2. The number of ether oxygens (including phenoxy) is 2. The molecule has 33 heavy (non-hydrogen) atoms. The number of hydrogen-bond donors (Lipinski definition) is 0. The Balaban J connectivity index is 1.66. The zero-order valence-electron chi connectivity index (χ0n) is 18.3. The van der Waals surface area contributed by atoms with Crippen LogP contribution in [0.3, 0.4) is 0 Å². The molecule has 170 valence electrons. The summed E-state index contributed by atoms with van der Waals surface area (Å²) in [5.41, 5.74) is 0.318. The first kappa shape index (κ1) is 21.9. The summed E-state index contributed by atoms with van der Waals surface area (Å²) in [7, 11) is 4.96. The number of hydrogen-bond acceptors (Lipinski definition) is 8. The van der Waals surface area contributed by atoms with Gasteiger partial charge in [0.15, 0.2) is 6.10 Å². The monoisotopic (exact) mass is 450 g/mol. The lowest BCUT2D eigenvalue weighted by Gasteiger charge is -2.16. The molecule has 1 aliphatic rings. The number of aromatic nitrogens is 4. The van der Waals surface area contributed by atoms with E-state index in [0.717, 1.165) is 0 Å². The van der Waals surface area contributed by atoms with Gasteiger partial charge in [-0.1, -0.05) is 0 Å². The van der Waals surface area contributed by atoms with Crippen LogP contribution in [0.25, 0.3) is 5.69 Å². The van der Waals surface area contributed by atoms with Crippen LogP contribution in [0.2, 0.25) is 0 Å². The molecule has 1 saturated heterocycles. The Morgan fingerprint density at radius 1 is 1.12 bits per heavy atom. The molecule has 3 aromatic rings. The highest BCUT2D eigenvalue weighted by atomic mass is 16.5. The average molecular weight is 450 g/mol. The Bertz CT molecular complexity index is 1240. The van der Waals surface area contributed by atoms with Crippen LogP contribution in [0.1, 0.15) is 16.9 Å². The Labute approximate surface area is 189 Å². The van der Waals surface area contributed by atoms with Crippen molar-refractivity contribution in [3.63, 3.8) is 0 Å². The van der Waals surface area contributed by atoms with Gasteiger partial charge in [0, 0.05) is 64.6 Å². The van der Waals surface area contributed by atoms with Gasteiger partial charge in [0.2, 0.25) is 5.88 Å². The van der Waals surface area contributed by atoms with Gasteiger partial charge in [-0.2, -0.15) is 0 Å². The first-order valence-corrected chi connectivity index (χ1v) is 10.1. The molecule has 1 aliphatic heterocycles. The fraction of sp³-hybridized carbons (Fsp3) is 0.273. The van der Waals surface area contributed by atoms with E-state index in [1.54, 1.807) is 44.2 Å². The summed E-state index contributed by atoms with van der Waals surface area (Å²) in [6.45, 7) is 0.599. The van der Waals surface area contributed by atoms with Gasteiger partial charge in [0.25, 0.3) is 17.4 Å². The fourth-order valence-corrected chi connectivity index (χ4v) is 3.26. The van der Waals surface area contributed by atoms with Crippen molar-refractivity contribution in [1.82, 2.24) is 29.3 Å². The second-order valence-corrected chi connectivity index (χ2v) is 7.65. The molecule has 1 fully saturated rings. The number of rotatable bonds is 6. The number of carbonyl (C=O) groups is 2. The van der Waals surface area contributed by atoms with Crippen molar-refractivity contribution in [2.45, 2.75) is 12.5 Å². The molecule has 11 heteroatoms. The number of likely N-dealkylation sites (tertiary alicyclic amines) is 1. The minimum absolute atomic E-state index is 0.117. The van der Waals surface area contributed by atoms with Crippen molar-refractivity contribution < 1.29 is 19.1 Å². The van der Waals surface area contributed by atoms with Gasteiger partial charge in [-0.3, -0.25) is 19.0 Å². The predicted molar refractivity (Wildman–Crippen MR) is 117 cm³/mol. The first-order valence-electron chi connectivity index (χ1n) is 10.1. The third-order valence-electron chi connectivity index (χ3n) is 5.00. The van der Waals surface area contributed by atoms with E-state index in [9.17, 15) is 14.4 Å². The maximum atomic E-state index is 12.3. The van der Waals surface area contributed by atoms with Gasteiger partial charge in [0.1, 0.15) is 23.5 Å². The Hall–Kier alpha value is -4.28. The molecule has 0 saturated carbocycles. The standard InChI is InChI=1S/C22H22N6O5/c1-26(2)21(30)17-11-25-19(12-24-17)33-16-9-14(28-13-23-6-4-20(28)29)8-15(10-16)32-18-5-7-27(3)22(18)31/h4,6,8-13,18H,5,7H2,1-3H3. The molecule has 11 nitrogen and oxygen atoms in total. The average Bonchev–Trinajstić information content (AvgIpc) is 3.11. The van der Waals surface area contributed by atoms with Crippen LogP contribution >= 0.6 is 0 Å². The van der Waals surface area contributed by atoms with E-state index < -0.39 is 6.10 Å². The van der Waals surface area contributed by atoms with Crippen molar-refractivity contribution in [2.75, 3.05) is 27.7 Å². The maximum absolute atomic E-state index is 12.3. The smallest absolute Gasteiger partial charge is 0.273 e. The molecular weight excluding hydrogens is 428 g/mol. The van der Waals surface area contributed by atoms with Crippen LogP contribution < -0.4 is 15.0 Å². The van der Waals surface area contributed by atoms with Crippen LogP contribution in [-0.2, 0) is 4.79 Å². The number of amides is 2. The molecule has 2 amide bonds. The van der Waals surface area contributed by atoms with Crippen LogP contribution in [0, 0.1) is 0 Å². The molecule has 1 atom stereocenters. The van der Waals surface area contributed by atoms with Gasteiger partial charge in [-0.15, -0.1) is 0 Å². The number of likely N-dealkylation sites (N-methyl/N-ethyl adjacent to an activating group) is 1. The van der Waals surface area contributed by atoms with Crippen molar-refractivity contribution >= 4 is 11.8 Å². The number of nitrogens with zero attached hydrogens (tertiary/aromatic N) is 6. The Morgan fingerprint density at radius 3 is 2.55 bits per heavy atom. The lowest BCUT2D eigenvalue weighted by molar-refractivity contribution is -0.132. The zero-order chi connectivity index (χ0) is 23.5. The molecule has 0 aliphatic carbocycles. The number of benzene rings is 1. The van der Waals surface area contributed by atoms with Gasteiger partial charge >= 0.3 is 0 Å². The molecule has 0 N–H and O–H groups in total. The maximum Gasteiger partial charge on any atom is 0.273 e. The van der Waals surface area contributed by atoms with Crippen LogP contribution in [0.5, 0.6) is 17.4 Å². The van der Waals surface area contributed by atoms with Crippen LogP contribution in [0.4, 0.5) is 0 Å². The van der Waals surface area contributed by atoms with E-state index in [1.165, 1.54) is 40.5 Å². The largest absolute Gasteiger partial charge is 0.480 e. The SMILES string of the molecule is CN(C)C(=O)c1cnc(Oc2cc(OC3CCN(C)C3=O)cc(-n3cnccc3=O)c2)cn1. The quantitative estimate of drug-likeness (QED) is 0.548. The summed E-state index contributed by atoms with van der Waals surface area (Å²) in [6, 6.07) is 6.16. The van der Waals surface area contributed by atoms with Gasteiger partial charge in [0.05, 0.1) is 18.1 Å². The molecule has 1 unspecified atom stereocenters. The third kappa shape index (κ3) is 4.81. The molecule has 2 aromatic heterocycles. The second-order valence-electron chi connectivity index (χ2n) is 7.65. The van der Waals surface area contributed by atoms with Crippen LogP contribution in [0.15, 0.2) is 54.0 Å². The van der Waals surface area contributed by atoms with E-state index in [1.807, 2.05) is 0 Å². The third-order valence-corrected chi connectivity index (χ3v) is 5.00. The van der Waals surface area contributed by atoms with E-state index in [0.29, 0.717) is 30.2 Å². The lowest BCUT2D eigenvalue weighted by atomic mass is 10.2. The lowest BCUT2D eigenvalue weighted by Crippen LogP contribution is -2.29. The fourth-order valence-electron chi connectivity index (χ4n) is 3.26. The highest BCUT2D eigenvalue weighted by Crippen LogP contribution is 2.29. The summed E-state index contributed by atoms with van der Waals surface area (Å²) < 4.78 is 13.1. The normalized spacial score (nSPS) is 15.4. The summed E-state index contributed by atoms with van der Waals surface area (Å²) in [5.74, 6) is 0.392. The minimum atomic E-state index is -0.625. The highest BCUT2D eigenvalue weighted by molar-refractivity contribution is 5.91. The Kier molecular flexibility index (Phi) is 6.03. The summed E-state index contributed by atoms with van der Waals surface area (Å²) >= 11 is 0. The Morgan fingerprint density at radius 2 is 1.91 bits per heavy atom. The molecule has 0 radical (unpaired) electrons. The second kappa shape index (κ2) is 9.07. The highest BCUT2D eigenvalue weighted by Gasteiger charge is 2.31. The van der Waals surface area contributed by atoms with Crippen molar-refractivity contribution in [2.24, 2.45) is 0 Å². The molecule has 4 rings (SSSR count). The summed E-state index contributed by atoms with van der Waals surface area (Å²) in [4.78, 5) is 51.8. The topological polar surface area (TPSA) is 120 Å². The first-order chi connectivity index (χ1) is 15.8. The minimum Gasteiger partial charge on any atom is -0.480 e. The van der Waals surface area contributed by atoms with Gasteiger partial charge < -0.3 is 19.3 Å². The predicted octanol–water partition coefficient (Wildman–Crippen LogP) is 1.13. The van der Waals surface area contributed by atoms with E-state index in [4.69, 9.17) is 9.47 Å². The van der Waals surface area contributed by atoms with E-state index in [-0.39, 0.29) is 28.9 Å². The summed E-state index contributed by atoms with van der Waals surface area (Å²) in [5, 5.41) is 0. The van der Waals surface area contributed by atoms with E-state index in [2.05, 4.69) is 15.0 Å². The molecule has 3 heterocycles.